The van der Waals surface area contributed by atoms with Gasteiger partial charge in [-0.15, -0.1) is 12.4 Å². The fourth-order valence-corrected chi connectivity index (χ4v) is 1.82. The molecule has 6 heteroatoms. The molecule has 0 aromatic carbocycles. The Hall–Kier alpha value is 0.400. The maximum atomic E-state index is 11.2. The molecule has 2 atom stereocenters. The van der Waals surface area contributed by atoms with Crippen LogP contribution in [0.15, 0.2) is 0 Å². The maximum Gasteiger partial charge on any atom is 0.216 e. The summed E-state index contributed by atoms with van der Waals surface area (Å²) in [5.74, 6) is -0.587. The topological polar surface area (TPSA) is 89.3 Å². The van der Waals surface area contributed by atoms with Crippen molar-refractivity contribution in [3.05, 3.63) is 0 Å². The molecule has 4 nitrogen and oxygen atoms in total. The molecule has 0 aliphatic heterocycles. The molecule has 0 rings (SSSR count). The van der Waals surface area contributed by atoms with Gasteiger partial charge >= 0.3 is 0 Å². The van der Waals surface area contributed by atoms with Gasteiger partial charge in [0.1, 0.15) is 0 Å². The molecule has 76 valence electrons. The van der Waals surface area contributed by atoms with E-state index in [-0.39, 0.29) is 18.6 Å². The molecule has 0 bridgehead atoms. The second-order valence-corrected chi connectivity index (χ2v) is 5.38. The van der Waals surface area contributed by atoms with Crippen LogP contribution in [0.2, 0.25) is 0 Å². The van der Waals surface area contributed by atoms with Crippen LogP contribution in [0.1, 0.15) is 19.8 Å². The summed E-state index contributed by atoms with van der Waals surface area (Å²) in [5, 5.41) is 0. The van der Waals surface area contributed by atoms with Crippen molar-refractivity contribution in [2.45, 2.75) is 25.5 Å². The minimum absolute atomic E-state index is 0. The highest BCUT2D eigenvalue weighted by Gasteiger charge is 2.23. The quantitative estimate of drug-likeness (QED) is 0.591. The van der Waals surface area contributed by atoms with E-state index in [1.807, 2.05) is 0 Å². The first kappa shape index (κ1) is 14.9. The van der Waals surface area contributed by atoms with Gasteiger partial charge in [0.15, 0.2) is 0 Å². The SMILES string of the molecule is CCP(=O)(O)C(N)CCCN.Cl. The first-order valence-electron chi connectivity index (χ1n) is 3.81. The highest BCUT2D eigenvalue weighted by molar-refractivity contribution is 7.58. The third-order valence-corrected chi connectivity index (χ3v) is 3.88. The molecule has 2 unspecified atom stereocenters. The number of hydrogen-bond acceptors (Lipinski definition) is 3. The van der Waals surface area contributed by atoms with Crippen molar-refractivity contribution in [3.63, 3.8) is 0 Å². The Morgan fingerprint density at radius 1 is 1.58 bits per heavy atom. The Kier molecular flexibility index (Phi) is 8.53. The van der Waals surface area contributed by atoms with Gasteiger partial charge in [-0.05, 0) is 19.4 Å². The average Bonchev–Trinajstić information content (AvgIpc) is 2.00. The smallest absolute Gasteiger partial charge is 0.216 e. The maximum absolute atomic E-state index is 11.2. The Morgan fingerprint density at radius 2 is 2.08 bits per heavy atom. The number of rotatable bonds is 5. The van der Waals surface area contributed by atoms with Gasteiger partial charge in [-0.25, -0.2) is 0 Å². The Labute approximate surface area is 79.6 Å². The van der Waals surface area contributed by atoms with E-state index in [2.05, 4.69) is 0 Å². The van der Waals surface area contributed by atoms with E-state index in [1.54, 1.807) is 6.92 Å². The molecule has 0 amide bonds. The standard InChI is InChI=1S/C6H17N2O2P.ClH/c1-2-11(9,10)6(8)4-3-5-7;/h6H,2-5,7-8H2,1H3,(H,9,10);1H. The fourth-order valence-electron chi connectivity index (χ4n) is 0.763. The number of nitrogens with two attached hydrogens (primary N) is 2. The van der Waals surface area contributed by atoms with Gasteiger partial charge in [0.25, 0.3) is 0 Å². The second-order valence-electron chi connectivity index (χ2n) is 2.57. The van der Waals surface area contributed by atoms with E-state index < -0.39 is 13.2 Å². The van der Waals surface area contributed by atoms with Crippen molar-refractivity contribution in [1.82, 2.24) is 0 Å². The third-order valence-electron chi connectivity index (χ3n) is 1.68. The number of halogens is 1. The van der Waals surface area contributed by atoms with E-state index in [0.717, 1.165) is 0 Å². The van der Waals surface area contributed by atoms with Crippen LogP contribution in [0.5, 0.6) is 0 Å². The largest absolute Gasteiger partial charge is 0.343 e. The molecule has 0 heterocycles. The zero-order chi connectivity index (χ0) is 8.91. The van der Waals surface area contributed by atoms with Gasteiger partial charge in [-0.3, -0.25) is 4.57 Å². The molecule has 5 N–H and O–H groups in total. The van der Waals surface area contributed by atoms with Crippen molar-refractivity contribution < 1.29 is 9.46 Å². The molecule has 0 spiro atoms. The summed E-state index contributed by atoms with van der Waals surface area (Å²) in [5.41, 5.74) is 10.7. The van der Waals surface area contributed by atoms with Crippen LogP contribution in [0.3, 0.4) is 0 Å². The first-order valence-corrected chi connectivity index (χ1v) is 5.73. The molecule has 0 aliphatic carbocycles. The lowest BCUT2D eigenvalue weighted by Gasteiger charge is -2.16. The Balaban J connectivity index is 0. The van der Waals surface area contributed by atoms with Crippen LogP contribution in [-0.4, -0.2) is 23.4 Å². The summed E-state index contributed by atoms with van der Waals surface area (Å²) >= 11 is 0. The lowest BCUT2D eigenvalue weighted by atomic mass is 10.3. The molecular formula is C6H18ClN2O2P. The second kappa shape index (κ2) is 6.87. The van der Waals surface area contributed by atoms with Crippen molar-refractivity contribution in [3.8, 4) is 0 Å². The van der Waals surface area contributed by atoms with Crippen molar-refractivity contribution in [2.75, 3.05) is 12.7 Å². The highest BCUT2D eigenvalue weighted by Crippen LogP contribution is 2.44. The van der Waals surface area contributed by atoms with Crippen LogP contribution < -0.4 is 11.5 Å². The fraction of sp³-hybridized carbons (Fsp3) is 1.00. The summed E-state index contributed by atoms with van der Waals surface area (Å²) in [6.45, 7) is 2.19. The lowest BCUT2D eigenvalue weighted by Crippen LogP contribution is -2.22. The van der Waals surface area contributed by atoms with Crippen molar-refractivity contribution >= 4 is 19.8 Å². The minimum Gasteiger partial charge on any atom is -0.343 e. The van der Waals surface area contributed by atoms with Crippen LogP contribution in [0.25, 0.3) is 0 Å². The van der Waals surface area contributed by atoms with Gasteiger partial charge in [-0.2, -0.15) is 0 Å². The summed E-state index contributed by atoms with van der Waals surface area (Å²) in [6, 6.07) is 0. The van der Waals surface area contributed by atoms with E-state index >= 15 is 0 Å². The zero-order valence-electron chi connectivity index (χ0n) is 7.27. The van der Waals surface area contributed by atoms with Crippen molar-refractivity contribution in [2.24, 2.45) is 11.5 Å². The summed E-state index contributed by atoms with van der Waals surface area (Å²) < 4.78 is 11.2. The molecule has 0 saturated carbocycles. The molecule has 0 radical (unpaired) electrons. The molecule has 0 aliphatic rings. The Bertz CT molecular complexity index is 156. The van der Waals surface area contributed by atoms with E-state index in [4.69, 9.17) is 11.5 Å². The van der Waals surface area contributed by atoms with Crippen LogP contribution in [0, 0.1) is 0 Å². The average molecular weight is 217 g/mol. The summed E-state index contributed by atoms with van der Waals surface area (Å²) in [4.78, 5) is 9.21. The van der Waals surface area contributed by atoms with Gasteiger partial charge in [0, 0.05) is 6.16 Å². The van der Waals surface area contributed by atoms with E-state index in [1.165, 1.54) is 0 Å². The molecule has 12 heavy (non-hydrogen) atoms. The molecular weight excluding hydrogens is 199 g/mol. The number of hydrogen-bond donors (Lipinski definition) is 3. The van der Waals surface area contributed by atoms with Gasteiger partial charge < -0.3 is 16.4 Å². The predicted molar refractivity (Wildman–Crippen MR) is 53.9 cm³/mol. The van der Waals surface area contributed by atoms with E-state index in [0.29, 0.717) is 19.4 Å². The highest BCUT2D eigenvalue weighted by atomic mass is 35.5. The monoisotopic (exact) mass is 216 g/mol. The van der Waals surface area contributed by atoms with E-state index in [9.17, 15) is 9.46 Å². The van der Waals surface area contributed by atoms with Crippen molar-refractivity contribution in [1.29, 1.82) is 0 Å². The first-order chi connectivity index (χ1) is 5.04. The summed E-state index contributed by atoms with van der Waals surface area (Å²) in [6.07, 6.45) is 1.50. The zero-order valence-corrected chi connectivity index (χ0v) is 8.98. The van der Waals surface area contributed by atoms with Gasteiger partial charge in [0.2, 0.25) is 7.37 Å². The Morgan fingerprint density at radius 3 is 2.42 bits per heavy atom. The normalized spacial score (nSPS) is 17.7. The van der Waals surface area contributed by atoms with Gasteiger partial charge in [0.05, 0.1) is 5.78 Å². The third kappa shape index (κ3) is 5.12. The lowest BCUT2D eigenvalue weighted by molar-refractivity contribution is 0.458. The minimum atomic E-state index is -3.07. The predicted octanol–water partition coefficient (Wildman–Crippen LogP) is 0.722. The molecule has 0 saturated heterocycles. The van der Waals surface area contributed by atoms with Crippen LogP contribution in [-0.2, 0) is 4.57 Å². The van der Waals surface area contributed by atoms with Gasteiger partial charge in [-0.1, -0.05) is 6.92 Å². The van der Waals surface area contributed by atoms with Crippen LogP contribution >= 0.6 is 19.8 Å². The molecule has 0 aromatic rings. The molecule has 0 fully saturated rings. The van der Waals surface area contributed by atoms with Crippen LogP contribution in [0.4, 0.5) is 0 Å². The summed E-state index contributed by atoms with van der Waals surface area (Å²) in [7, 11) is -3.07. The molecule has 0 aromatic heterocycles.